The molecule has 1 fully saturated rings. The maximum absolute atomic E-state index is 10.5. The van der Waals surface area contributed by atoms with Crippen LogP contribution in [0.5, 0.6) is 5.75 Å². The van der Waals surface area contributed by atoms with Gasteiger partial charge in [0.1, 0.15) is 16.8 Å². The number of rotatable bonds is 2. The average molecular weight is 383 g/mol. The molecular weight excluding hydrogens is 364 g/mol. The summed E-state index contributed by atoms with van der Waals surface area (Å²) in [5, 5.41) is 24.3. The number of halogens is 1. The highest BCUT2D eigenvalue weighted by molar-refractivity contribution is 6.35. The summed E-state index contributed by atoms with van der Waals surface area (Å²) in [5.74, 6) is 0.134. The molecule has 0 amide bonds. The minimum atomic E-state index is 0.134. The molecule has 8 heteroatoms. The van der Waals surface area contributed by atoms with E-state index in [1.165, 1.54) is 0 Å². The van der Waals surface area contributed by atoms with E-state index in [0.29, 0.717) is 27.8 Å². The third-order valence-corrected chi connectivity index (χ3v) is 5.43. The van der Waals surface area contributed by atoms with Gasteiger partial charge in [-0.1, -0.05) is 11.6 Å². The van der Waals surface area contributed by atoms with Crippen LogP contribution in [0, 0.1) is 0 Å². The summed E-state index contributed by atoms with van der Waals surface area (Å²) in [6, 6.07) is 5.67. The first kappa shape index (κ1) is 16.5. The van der Waals surface area contributed by atoms with E-state index < -0.39 is 0 Å². The summed E-state index contributed by atoms with van der Waals surface area (Å²) in [6.07, 6.45) is 5.95. The number of aromatic hydroxyl groups is 1. The minimum absolute atomic E-state index is 0.134. The Morgan fingerprint density at radius 3 is 2.74 bits per heavy atom. The Hall–Kier alpha value is -2.64. The lowest BCUT2D eigenvalue weighted by Gasteiger charge is -2.22. The van der Waals surface area contributed by atoms with Gasteiger partial charge in [-0.15, -0.1) is 0 Å². The fourth-order valence-electron chi connectivity index (χ4n) is 3.77. The van der Waals surface area contributed by atoms with Gasteiger partial charge in [-0.3, -0.25) is 9.36 Å². The van der Waals surface area contributed by atoms with Crippen molar-refractivity contribution in [1.29, 1.82) is 0 Å². The fourth-order valence-corrected chi connectivity index (χ4v) is 4.01. The number of pyridine rings is 1. The maximum Gasteiger partial charge on any atom is 0.129 e. The summed E-state index contributed by atoms with van der Waals surface area (Å²) >= 11 is 6.51. The van der Waals surface area contributed by atoms with E-state index in [9.17, 15) is 5.11 Å². The number of aromatic nitrogens is 5. The summed E-state index contributed by atoms with van der Waals surface area (Å²) in [4.78, 5) is 4.73. The Balaban J connectivity index is 1.62. The fraction of sp³-hybridized carbons (Fsp3) is 0.316. The van der Waals surface area contributed by atoms with E-state index in [1.807, 2.05) is 30.2 Å². The molecule has 1 aromatic carbocycles. The molecular formula is C19H19ClN6O. The smallest absolute Gasteiger partial charge is 0.129 e. The standard InChI is InChI=1S/C19H19ClN6O/c1-25-9-11-6-13(18(27)8-15(11)23-25)16-7-14(20)19-17(22-16)10-26(24-19)12-2-4-21-5-3-12/h6-10,12,21,27H,2-5H2,1H3. The lowest BCUT2D eigenvalue weighted by molar-refractivity contribution is 0.345. The predicted octanol–water partition coefficient (Wildman–Crippen LogP) is 3.27. The van der Waals surface area contributed by atoms with Gasteiger partial charge < -0.3 is 10.4 Å². The van der Waals surface area contributed by atoms with Crippen molar-refractivity contribution in [2.45, 2.75) is 18.9 Å². The molecule has 0 radical (unpaired) electrons. The van der Waals surface area contributed by atoms with Gasteiger partial charge in [0.2, 0.25) is 0 Å². The Labute approximate surface area is 160 Å². The second-order valence-electron chi connectivity index (χ2n) is 7.04. The highest BCUT2D eigenvalue weighted by Crippen LogP contribution is 2.35. The summed E-state index contributed by atoms with van der Waals surface area (Å²) in [7, 11) is 1.85. The van der Waals surface area contributed by atoms with Crippen molar-refractivity contribution >= 4 is 33.5 Å². The number of aryl methyl sites for hydroxylation is 1. The van der Waals surface area contributed by atoms with E-state index in [2.05, 4.69) is 15.5 Å². The second-order valence-corrected chi connectivity index (χ2v) is 7.45. The van der Waals surface area contributed by atoms with Crippen molar-refractivity contribution in [1.82, 2.24) is 29.9 Å². The number of piperidine rings is 1. The van der Waals surface area contributed by atoms with Crippen molar-refractivity contribution < 1.29 is 5.11 Å². The van der Waals surface area contributed by atoms with Crippen LogP contribution in [0.25, 0.3) is 33.2 Å². The van der Waals surface area contributed by atoms with Gasteiger partial charge in [0, 0.05) is 30.3 Å². The summed E-state index contributed by atoms with van der Waals surface area (Å²) in [6.45, 7) is 1.98. The largest absolute Gasteiger partial charge is 0.507 e. The van der Waals surface area contributed by atoms with Crippen LogP contribution in [0.4, 0.5) is 0 Å². The van der Waals surface area contributed by atoms with Crippen LogP contribution in [0.15, 0.2) is 30.6 Å². The van der Waals surface area contributed by atoms with Gasteiger partial charge in [0.05, 0.1) is 28.5 Å². The Morgan fingerprint density at radius 2 is 1.93 bits per heavy atom. The van der Waals surface area contributed by atoms with Gasteiger partial charge in [-0.25, -0.2) is 4.98 Å². The number of hydrogen-bond acceptors (Lipinski definition) is 5. The monoisotopic (exact) mass is 382 g/mol. The van der Waals surface area contributed by atoms with Crippen LogP contribution in [0.2, 0.25) is 5.02 Å². The van der Waals surface area contributed by atoms with Crippen LogP contribution in [-0.2, 0) is 7.05 Å². The first-order valence-corrected chi connectivity index (χ1v) is 9.39. The van der Waals surface area contributed by atoms with Crippen LogP contribution >= 0.6 is 11.6 Å². The number of nitrogens with one attached hydrogen (secondary N) is 1. The molecule has 4 aromatic rings. The lowest BCUT2D eigenvalue weighted by atomic mass is 10.1. The molecule has 0 atom stereocenters. The van der Waals surface area contributed by atoms with Gasteiger partial charge in [-0.2, -0.15) is 10.2 Å². The van der Waals surface area contributed by atoms with Crippen LogP contribution < -0.4 is 5.32 Å². The Morgan fingerprint density at radius 1 is 1.11 bits per heavy atom. The number of hydrogen-bond donors (Lipinski definition) is 2. The first-order chi connectivity index (χ1) is 13.1. The molecule has 1 saturated heterocycles. The van der Waals surface area contributed by atoms with Gasteiger partial charge >= 0.3 is 0 Å². The minimum Gasteiger partial charge on any atom is -0.507 e. The van der Waals surface area contributed by atoms with Crippen molar-refractivity contribution in [3.63, 3.8) is 0 Å². The Bertz CT molecular complexity index is 1160. The average Bonchev–Trinajstić information content (AvgIpc) is 3.24. The van der Waals surface area contributed by atoms with Gasteiger partial charge in [0.25, 0.3) is 0 Å². The molecule has 7 nitrogen and oxygen atoms in total. The van der Waals surface area contributed by atoms with Crippen molar-refractivity contribution in [3.8, 4) is 17.0 Å². The number of phenolic OH excluding ortho intramolecular Hbond substituents is 1. The predicted molar refractivity (Wildman–Crippen MR) is 105 cm³/mol. The van der Waals surface area contributed by atoms with Gasteiger partial charge in [0.15, 0.2) is 0 Å². The van der Waals surface area contributed by atoms with E-state index in [1.54, 1.807) is 16.8 Å². The molecule has 1 aliphatic rings. The highest BCUT2D eigenvalue weighted by atomic mass is 35.5. The van der Waals surface area contributed by atoms with Crippen molar-refractivity contribution in [2.24, 2.45) is 7.05 Å². The van der Waals surface area contributed by atoms with E-state index in [0.717, 1.165) is 42.4 Å². The SMILES string of the molecule is Cn1cc2cc(-c3cc(Cl)c4nn(C5CCNCC5)cc4n3)c(O)cc2n1. The van der Waals surface area contributed by atoms with E-state index in [-0.39, 0.29) is 5.75 Å². The zero-order valence-corrected chi connectivity index (χ0v) is 15.6. The Kier molecular flexibility index (Phi) is 3.80. The first-order valence-electron chi connectivity index (χ1n) is 9.01. The van der Waals surface area contributed by atoms with Crippen LogP contribution in [0.3, 0.4) is 0 Å². The second kappa shape index (κ2) is 6.21. The van der Waals surface area contributed by atoms with E-state index in [4.69, 9.17) is 16.6 Å². The van der Waals surface area contributed by atoms with E-state index >= 15 is 0 Å². The van der Waals surface area contributed by atoms with Crippen LogP contribution in [-0.4, -0.2) is 42.7 Å². The topological polar surface area (TPSA) is 80.8 Å². The molecule has 3 aromatic heterocycles. The lowest BCUT2D eigenvalue weighted by Crippen LogP contribution is -2.29. The molecule has 5 rings (SSSR count). The zero-order chi connectivity index (χ0) is 18.5. The molecule has 0 aliphatic carbocycles. The molecule has 4 heterocycles. The molecule has 1 aliphatic heterocycles. The molecule has 2 N–H and O–H groups in total. The van der Waals surface area contributed by atoms with Gasteiger partial charge in [-0.05, 0) is 38.1 Å². The molecule has 138 valence electrons. The molecule has 0 spiro atoms. The molecule has 0 saturated carbocycles. The van der Waals surface area contributed by atoms with Crippen molar-refractivity contribution in [2.75, 3.05) is 13.1 Å². The summed E-state index contributed by atoms with van der Waals surface area (Å²) in [5.41, 5.74) is 3.43. The normalized spacial score (nSPS) is 15.8. The van der Waals surface area contributed by atoms with Crippen LogP contribution in [0.1, 0.15) is 18.9 Å². The number of phenols is 1. The maximum atomic E-state index is 10.5. The van der Waals surface area contributed by atoms with Crippen molar-refractivity contribution in [3.05, 3.63) is 35.6 Å². The molecule has 0 unspecified atom stereocenters. The third-order valence-electron chi connectivity index (χ3n) is 5.14. The number of fused-ring (bicyclic) bond motifs is 2. The zero-order valence-electron chi connectivity index (χ0n) is 14.9. The number of benzene rings is 1. The highest BCUT2D eigenvalue weighted by Gasteiger charge is 2.19. The molecule has 27 heavy (non-hydrogen) atoms. The number of nitrogens with zero attached hydrogens (tertiary/aromatic N) is 5. The third kappa shape index (κ3) is 2.83. The summed E-state index contributed by atoms with van der Waals surface area (Å²) < 4.78 is 3.71. The molecule has 0 bridgehead atoms. The quantitative estimate of drug-likeness (QED) is 0.556.